The monoisotopic (exact) mass is 417 g/mol. The van der Waals surface area contributed by atoms with Gasteiger partial charge in [-0.25, -0.2) is 0 Å². The minimum atomic E-state index is -0.930. The van der Waals surface area contributed by atoms with E-state index in [1.54, 1.807) is 4.90 Å². The van der Waals surface area contributed by atoms with E-state index in [0.29, 0.717) is 11.4 Å². The molecule has 160 valence electrons. The molecule has 0 radical (unpaired) electrons. The van der Waals surface area contributed by atoms with Crippen LogP contribution in [0.25, 0.3) is 0 Å². The molecular formula is C20H23N3O7. The lowest BCUT2D eigenvalue weighted by Crippen LogP contribution is -2.44. The van der Waals surface area contributed by atoms with E-state index >= 15 is 0 Å². The van der Waals surface area contributed by atoms with Gasteiger partial charge in [0.05, 0.1) is 10.5 Å². The number of carbonyl (C=O) groups is 4. The lowest BCUT2D eigenvalue weighted by Gasteiger charge is -2.33. The van der Waals surface area contributed by atoms with Crippen molar-refractivity contribution >= 4 is 29.4 Å². The van der Waals surface area contributed by atoms with E-state index in [0.717, 1.165) is 38.2 Å². The van der Waals surface area contributed by atoms with Gasteiger partial charge in [-0.15, -0.1) is 0 Å². The zero-order valence-electron chi connectivity index (χ0n) is 16.7. The highest BCUT2D eigenvalue weighted by Crippen LogP contribution is 2.30. The number of nitro groups is 1. The Kier molecular flexibility index (Phi) is 6.43. The number of rotatable bonds is 7. The summed E-state index contributed by atoms with van der Waals surface area (Å²) in [5.41, 5.74) is -0.971. The summed E-state index contributed by atoms with van der Waals surface area (Å²) in [6.07, 6.45) is 5.10. The summed E-state index contributed by atoms with van der Waals surface area (Å²) in [6.45, 7) is 1.17. The van der Waals surface area contributed by atoms with Crippen molar-refractivity contribution in [1.82, 2.24) is 9.80 Å². The average Bonchev–Trinajstić information content (AvgIpc) is 2.98. The SMILES string of the molecule is CCN(C(=O)COC(=O)CN1C(=O)c2cccc([N+](=O)[O-])c2C1=O)C1CCCCC1. The summed E-state index contributed by atoms with van der Waals surface area (Å²) in [4.78, 5) is 62.2. The minimum Gasteiger partial charge on any atom is -0.454 e. The first-order chi connectivity index (χ1) is 14.3. The van der Waals surface area contributed by atoms with Crippen LogP contribution in [-0.4, -0.2) is 64.2 Å². The van der Waals surface area contributed by atoms with Crippen molar-refractivity contribution in [2.75, 3.05) is 19.7 Å². The van der Waals surface area contributed by atoms with E-state index in [-0.39, 0.29) is 23.1 Å². The van der Waals surface area contributed by atoms with Crippen molar-refractivity contribution in [2.24, 2.45) is 0 Å². The van der Waals surface area contributed by atoms with Gasteiger partial charge in [0.25, 0.3) is 23.4 Å². The van der Waals surface area contributed by atoms with Crippen LogP contribution in [-0.2, 0) is 14.3 Å². The van der Waals surface area contributed by atoms with E-state index in [9.17, 15) is 29.3 Å². The number of ether oxygens (including phenoxy) is 1. The van der Waals surface area contributed by atoms with E-state index in [1.165, 1.54) is 12.1 Å². The number of nitrogens with zero attached hydrogens (tertiary/aromatic N) is 3. The number of likely N-dealkylation sites (N-methyl/N-ethyl adjacent to an activating group) is 1. The number of esters is 1. The molecule has 1 heterocycles. The van der Waals surface area contributed by atoms with Gasteiger partial charge in [-0.3, -0.25) is 34.2 Å². The Morgan fingerprint density at radius 1 is 1.20 bits per heavy atom. The molecule has 30 heavy (non-hydrogen) atoms. The van der Waals surface area contributed by atoms with Gasteiger partial charge in [0.1, 0.15) is 12.1 Å². The molecule has 0 unspecified atom stereocenters. The Hall–Kier alpha value is -3.30. The molecule has 1 saturated carbocycles. The number of benzene rings is 1. The standard InChI is InChI=1S/C20H23N3O7/c1-2-21(13-7-4-3-5-8-13)16(24)12-30-17(25)11-22-19(26)14-9-6-10-15(23(28)29)18(14)20(22)27/h6,9-10,13H,2-5,7-8,11-12H2,1H3. The van der Waals surface area contributed by atoms with Gasteiger partial charge < -0.3 is 9.64 Å². The summed E-state index contributed by atoms with van der Waals surface area (Å²) in [5, 5.41) is 11.1. The van der Waals surface area contributed by atoms with E-state index in [4.69, 9.17) is 4.74 Å². The summed E-state index contributed by atoms with van der Waals surface area (Å²) < 4.78 is 5.00. The third-order valence-corrected chi connectivity index (χ3v) is 5.49. The molecule has 10 heteroatoms. The van der Waals surface area contributed by atoms with E-state index in [1.807, 2.05) is 6.92 Å². The Bertz CT molecular complexity index is 892. The third kappa shape index (κ3) is 4.17. The maximum Gasteiger partial charge on any atom is 0.326 e. The smallest absolute Gasteiger partial charge is 0.326 e. The third-order valence-electron chi connectivity index (χ3n) is 5.49. The zero-order chi connectivity index (χ0) is 21.8. The van der Waals surface area contributed by atoms with Crippen LogP contribution in [0.1, 0.15) is 59.7 Å². The fourth-order valence-corrected chi connectivity index (χ4v) is 4.04. The maximum absolute atomic E-state index is 12.5. The first-order valence-corrected chi connectivity index (χ1v) is 9.93. The number of hydrogen-bond donors (Lipinski definition) is 0. The Balaban J connectivity index is 1.60. The van der Waals surface area contributed by atoms with Crippen molar-refractivity contribution in [1.29, 1.82) is 0 Å². The first-order valence-electron chi connectivity index (χ1n) is 9.93. The number of nitro benzene ring substituents is 1. The normalized spacial score (nSPS) is 16.4. The van der Waals surface area contributed by atoms with Gasteiger partial charge in [-0.2, -0.15) is 0 Å². The molecule has 1 aliphatic carbocycles. The summed E-state index contributed by atoms with van der Waals surface area (Å²) in [7, 11) is 0. The Morgan fingerprint density at radius 2 is 1.90 bits per heavy atom. The predicted molar refractivity (Wildman–Crippen MR) is 104 cm³/mol. The molecular weight excluding hydrogens is 394 g/mol. The number of imide groups is 1. The molecule has 1 aromatic carbocycles. The van der Waals surface area contributed by atoms with Crippen molar-refractivity contribution < 1.29 is 28.8 Å². The molecule has 0 atom stereocenters. The van der Waals surface area contributed by atoms with Gasteiger partial charge >= 0.3 is 5.97 Å². The van der Waals surface area contributed by atoms with Gasteiger partial charge in [-0.1, -0.05) is 25.3 Å². The van der Waals surface area contributed by atoms with Crippen LogP contribution in [0.4, 0.5) is 5.69 Å². The van der Waals surface area contributed by atoms with Crippen molar-refractivity contribution in [2.45, 2.75) is 45.1 Å². The van der Waals surface area contributed by atoms with Crippen molar-refractivity contribution in [3.8, 4) is 0 Å². The van der Waals surface area contributed by atoms with Crippen LogP contribution in [0.5, 0.6) is 0 Å². The molecule has 1 fully saturated rings. The first kappa shape index (κ1) is 21.4. The average molecular weight is 417 g/mol. The minimum absolute atomic E-state index is 0.131. The molecule has 0 N–H and O–H groups in total. The van der Waals surface area contributed by atoms with Gasteiger partial charge in [0, 0.05) is 18.7 Å². The van der Waals surface area contributed by atoms with Crippen LogP contribution < -0.4 is 0 Å². The molecule has 1 aliphatic heterocycles. The quantitative estimate of drug-likeness (QED) is 0.287. The molecule has 0 saturated heterocycles. The number of carbonyl (C=O) groups excluding carboxylic acids is 4. The van der Waals surface area contributed by atoms with Gasteiger partial charge in [0.2, 0.25) is 0 Å². The topological polar surface area (TPSA) is 127 Å². The van der Waals surface area contributed by atoms with Crippen molar-refractivity contribution in [3.63, 3.8) is 0 Å². The summed E-state index contributed by atoms with van der Waals surface area (Å²) in [5.74, 6) is -2.99. The van der Waals surface area contributed by atoms with Crippen LogP contribution in [0, 0.1) is 10.1 Å². The van der Waals surface area contributed by atoms with Crippen LogP contribution in [0.15, 0.2) is 18.2 Å². The molecule has 0 spiro atoms. The second-order valence-corrected chi connectivity index (χ2v) is 7.29. The predicted octanol–water partition coefficient (Wildman–Crippen LogP) is 1.92. The van der Waals surface area contributed by atoms with Crippen LogP contribution in [0.2, 0.25) is 0 Å². The second-order valence-electron chi connectivity index (χ2n) is 7.29. The fourth-order valence-electron chi connectivity index (χ4n) is 4.04. The number of amides is 3. The second kappa shape index (κ2) is 9.02. The van der Waals surface area contributed by atoms with E-state index < -0.39 is 41.5 Å². The Morgan fingerprint density at radius 3 is 2.53 bits per heavy atom. The molecule has 3 amide bonds. The molecule has 0 aromatic heterocycles. The molecule has 1 aromatic rings. The lowest BCUT2D eigenvalue weighted by molar-refractivity contribution is -0.385. The largest absolute Gasteiger partial charge is 0.454 e. The molecule has 3 rings (SSSR count). The van der Waals surface area contributed by atoms with E-state index in [2.05, 4.69) is 0 Å². The van der Waals surface area contributed by atoms with Crippen LogP contribution >= 0.6 is 0 Å². The number of fused-ring (bicyclic) bond motifs is 1. The lowest BCUT2D eigenvalue weighted by atomic mass is 9.94. The highest BCUT2D eigenvalue weighted by molar-refractivity contribution is 6.24. The fraction of sp³-hybridized carbons (Fsp3) is 0.500. The van der Waals surface area contributed by atoms with Crippen LogP contribution in [0.3, 0.4) is 0 Å². The highest BCUT2D eigenvalue weighted by Gasteiger charge is 2.42. The van der Waals surface area contributed by atoms with Gasteiger partial charge in [0.15, 0.2) is 6.61 Å². The highest BCUT2D eigenvalue weighted by atomic mass is 16.6. The van der Waals surface area contributed by atoms with Gasteiger partial charge in [-0.05, 0) is 25.8 Å². The molecule has 0 bridgehead atoms. The Labute approximate surface area is 172 Å². The molecule has 10 nitrogen and oxygen atoms in total. The molecule has 2 aliphatic rings. The maximum atomic E-state index is 12.5. The summed E-state index contributed by atoms with van der Waals surface area (Å²) >= 11 is 0. The zero-order valence-corrected chi connectivity index (χ0v) is 16.7. The van der Waals surface area contributed by atoms with Crippen molar-refractivity contribution in [3.05, 3.63) is 39.4 Å². The number of hydrogen-bond acceptors (Lipinski definition) is 7. The summed E-state index contributed by atoms with van der Waals surface area (Å²) in [6, 6.07) is 3.84.